The molecule has 2 amide bonds. The van der Waals surface area contributed by atoms with Crippen molar-refractivity contribution < 1.29 is 24.6 Å². The Bertz CT molecular complexity index is 1910. The lowest BCUT2D eigenvalue weighted by molar-refractivity contribution is 0.0685. The number of carboxylic acid groups (broad SMARTS) is 2. The highest BCUT2D eigenvalue weighted by atomic mass is 16.4. The number of unbranched alkanes of at least 4 members (excludes halogenated alkanes) is 2. The number of rotatable bonds is 20. The standard InChI is InChI=1S/C44H59N7O5/c1-8-12-17-29(10-3)27-35-34(39(54)55)25-26-37(36(35)28-30(11-4)18-13-9-2)46-41-47-40(45-32-23-21-31(22-24-32)38(52)53)48-42(49-41)51(33-19-15-14-16-20-33)43(56)50-44(5,6)7/h14-16,19-26,29-30H,8-13,17-18,27-28H2,1-7H3,(H,50,56)(H,52,53)(H,54,55)(H2,45,46,47,48,49). The summed E-state index contributed by atoms with van der Waals surface area (Å²) in [6, 6.07) is 18.3. The number of hydrogen-bond donors (Lipinski definition) is 5. The topological polar surface area (TPSA) is 170 Å². The summed E-state index contributed by atoms with van der Waals surface area (Å²) in [7, 11) is 0. The molecular formula is C44H59N7O5. The Morgan fingerprint density at radius 3 is 1.79 bits per heavy atom. The quantitative estimate of drug-likeness (QED) is 0.0583. The van der Waals surface area contributed by atoms with Crippen molar-refractivity contribution >= 4 is 52.9 Å². The molecule has 4 rings (SSSR count). The van der Waals surface area contributed by atoms with Gasteiger partial charge in [0, 0.05) is 16.9 Å². The molecule has 56 heavy (non-hydrogen) atoms. The van der Waals surface area contributed by atoms with E-state index in [1.165, 1.54) is 17.0 Å². The van der Waals surface area contributed by atoms with Crippen LogP contribution < -0.4 is 20.9 Å². The molecule has 12 nitrogen and oxygen atoms in total. The lowest BCUT2D eigenvalue weighted by Crippen LogP contribution is -2.47. The molecule has 12 heteroatoms. The van der Waals surface area contributed by atoms with Gasteiger partial charge in [-0.15, -0.1) is 0 Å². The third kappa shape index (κ3) is 12.2. The molecule has 0 radical (unpaired) electrons. The number of carbonyl (C=O) groups is 3. The number of carbonyl (C=O) groups excluding carboxylic acids is 1. The first-order valence-corrected chi connectivity index (χ1v) is 19.9. The van der Waals surface area contributed by atoms with Crippen LogP contribution in [0.2, 0.25) is 0 Å². The molecule has 1 aromatic heterocycles. The van der Waals surface area contributed by atoms with E-state index in [-0.39, 0.29) is 23.4 Å². The second-order valence-corrected chi connectivity index (χ2v) is 15.4. The Labute approximate surface area is 331 Å². The van der Waals surface area contributed by atoms with Gasteiger partial charge in [0.1, 0.15) is 0 Å². The third-order valence-electron chi connectivity index (χ3n) is 9.89. The van der Waals surface area contributed by atoms with Crippen molar-refractivity contribution in [2.75, 3.05) is 15.5 Å². The summed E-state index contributed by atoms with van der Waals surface area (Å²) < 4.78 is 0. The van der Waals surface area contributed by atoms with Crippen molar-refractivity contribution in [3.8, 4) is 0 Å². The Hall–Kier alpha value is -5.52. The summed E-state index contributed by atoms with van der Waals surface area (Å²) >= 11 is 0. The lowest BCUT2D eigenvalue weighted by atomic mass is 9.82. The maximum atomic E-state index is 14.0. The highest BCUT2D eigenvalue weighted by Crippen LogP contribution is 2.35. The van der Waals surface area contributed by atoms with Crippen LogP contribution >= 0.6 is 0 Å². The SMILES string of the molecule is CCCCC(CC)Cc1c(Nc2nc(Nc3ccc(C(=O)O)cc3)nc(N(C(=O)NC(C)(C)C)c3ccccc3)n2)ccc(C(=O)O)c1CC(CC)CCCC. The smallest absolute Gasteiger partial charge is 0.335 e. The van der Waals surface area contributed by atoms with Crippen LogP contribution in [-0.2, 0) is 12.8 Å². The fourth-order valence-corrected chi connectivity index (χ4v) is 6.74. The van der Waals surface area contributed by atoms with Crippen LogP contribution in [0.1, 0.15) is 132 Å². The van der Waals surface area contributed by atoms with Crippen molar-refractivity contribution in [2.45, 2.75) is 118 Å². The Balaban J connectivity index is 1.93. The maximum absolute atomic E-state index is 14.0. The minimum absolute atomic E-state index is 0.0315. The van der Waals surface area contributed by atoms with E-state index in [9.17, 15) is 24.6 Å². The Morgan fingerprint density at radius 2 is 1.27 bits per heavy atom. The lowest BCUT2D eigenvalue weighted by Gasteiger charge is -2.28. The van der Waals surface area contributed by atoms with E-state index >= 15 is 0 Å². The van der Waals surface area contributed by atoms with Crippen molar-refractivity contribution in [2.24, 2.45) is 11.8 Å². The van der Waals surface area contributed by atoms with E-state index in [1.54, 1.807) is 36.4 Å². The predicted molar refractivity (Wildman–Crippen MR) is 224 cm³/mol. The zero-order valence-corrected chi connectivity index (χ0v) is 34.0. The van der Waals surface area contributed by atoms with Crippen LogP contribution in [0.15, 0.2) is 66.7 Å². The molecule has 0 aliphatic heterocycles. The number of nitrogens with zero attached hydrogens (tertiary/aromatic N) is 4. The number of nitrogens with one attached hydrogen (secondary N) is 3. The number of para-hydroxylation sites is 1. The highest BCUT2D eigenvalue weighted by molar-refractivity contribution is 5.98. The highest BCUT2D eigenvalue weighted by Gasteiger charge is 2.28. The van der Waals surface area contributed by atoms with E-state index in [4.69, 9.17) is 15.0 Å². The first-order valence-electron chi connectivity index (χ1n) is 19.9. The van der Waals surface area contributed by atoms with Crippen LogP contribution in [0.5, 0.6) is 0 Å². The number of amides is 2. The summed E-state index contributed by atoms with van der Waals surface area (Å²) in [4.78, 5) is 54.0. The molecular weight excluding hydrogens is 707 g/mol. The van der Waals surface area contributed by atoms with Gasteiger partial charge in [-0.25, -0.2) is 19.3 Å². The molecule has 300 valence electrons. The summed E-state index contributed by atoms with van der Waals surface area (Å²) in [5.41, 5.74) is 3.38. The first-order chi connectivity index (χ1) is 26.8. The number of aromatic nitrogens is 3. The molecule has 0 saturated carbocycles. The van der Waals surface area contributed by atoms with Gasteiger partial charge in [0.2, 0.25) is 17.8 Å². The van der Waals surface area contributed by atoms with Crippen LogP contribution in [0, 0.1) is 11.8 Å². The number of anilines is 6. The van der Waals surface area contributed by atoms with Crippen LogP contribution in [0.4, 0.5) is 39.7 Å². The second kappa shape index (κ2) is 20.4. The van der Waals surface area contributed by atoms with Crippen molar-refractivity contribution in [1.82, 2.24) is 20.3 Å². The third-order valence-corrected chi connectivity index (χ3v) is 9.89. The number of aromatic carboxylic acids is 2. The van der Waals surface area contributed by atoms with Gasteiger partial charge in [0.25, 0.3) is 0 Å². The summed E-state index contributed by atoms with van der Waals surface area (Å²) in [6.45, 7) is 14.4. The molecule has 0 fully saturated rings. The average Bonchev–Trinajstić information content (AvgIpc) is 3.15. The summed E-state index contributed by atoms with van der Waals surface area (Å²) in [5, 5.41) is 29.6. The molecule has 0 aliphatic carbocycles. The number of hydrogen-bond acceptors (Lipinski definition) is 8. The van der Waals surface area contributed by atoms with Gasteiger partial charge in [-0.1, -0.05) is 97.3 Å². The molecule has 3 aromatic carbocycles. The second-order valence-electron chi connectivity index (χ2n) is 15.4. The van der Waals surface area contributed by atoms with Crippen molar-refractivity contribution in [3.63, 3.8) is 0 Å². The number of urea groups is 1. The molecule has 2 unspecified atom stereocenters. The zero-order valence-electron chi connectivity index (χ0n) is 34.0. The average molecular weight is 766 g/mol. The Morgan fingerprint density at radius 1 is 0.696 bits per heavy atom. The van der Waals surface area contributed by atoms with E-state index in [2.05, 4.69) is 43.6 Å². The minimum atomic E-state index is -1.05. The molecule has 0 saturated heterocycles. The van der Waals surface area contributed by atoms with E-state index in [0.717, 1.165) is 62.5 Å². The fourth-order valence-electron chi connectivity index (χ4n) is 6.74. The van der Waals surface area contributed by atoms with Crippen LogP contribution in [-0.4, -0.2) is 48.7 Å². The molecule has 1 heterocycles. The molecule has 0 bridgehead atoms. The first kappa shape index (κ1) is 43.2. The molecule has 0 aliphatic rings. The van der Waals surface area contributed by atoms with Gasteiger partial charge in [0.05, 0.1) is 16.8 Å². The van der Waals surface area contributed by atoms with Gasteiger partial charge in [-0.05, 0) is 105 Å². The van der Waals surface area contributed by atoms with Crippen molar-refractivity contribution in [3.05, 3.63) is 89.0 Å². The molecule has 4 aromatic rings. The number of benzene rings is 3. The van der Waals surface area contributed by atoms with Crippen LogP contribution in [0.25, 0.3) is 0 Å². The van der Waals surface area contributed by atoms with Gasteiger partial charge < -0.3 is 26.2 Å². The normalized spacial score (nSPS) is 12.4. The maximum Gasteiger partial charge on any atom is 0.335 e. The van der Waals surface area contributed by atoms with E-state index in [1.807, 2.05) is 39.0 Å². The molecule has 2 atom stereocenters. The Kier molecular flexibility index (Phi) is 15.8. The minimum Gasteiger partial charge on any atom is -0.478 e. The van der Waals surface area contributed by atoms with E-state index in [0.29, 0.717) is 47.3 Å². The zero-order chi connectivity index (χ0) is 40.8. The van der Waals surface area contributed by atoms with Gasteiger partial charge in [-0.3, -0.25) is 0 Å². The van der Waals surface area contributed by atoms with Gasteiger partial charge >= 0.3 is 18.0 Å². The predicted octanol–water partition coefficient (Wildman–Crippen LogP) is 10.9. The fraction of sp³-hybridized carbons (Fsp3) is 0.455. The summed E-state index contributed by atoms with van der Waals surface area (Å²) in [6.07, 6.45) is 9.55. The van der Waals surface area contributed by atoms with Crippen LogP contribution in [0.3, 0.4) is 0 Å². The molecule has 0 spiro atoms. The summed E-state index contributed by atoms with van der Waals surface area (Å²) in [5.74, 6) is -1.06. The number of carboxylic acids is 2. The molecule has 5 N–H and O–H groups in total. The van der Waals surface area contributed by atoms with Crippen molar-refractivity contribution in [1.29, 1.82) is 0 Å². The largest absolute Gasteiger partial charge is 0.478 e. The van der Waals surface area contributed by atoms with Gasteiger partial charge in [-0.2, -0.15) is 15.0 Å². The monoisotopic (exact) mass is 765 g/mol. The van der Waals surface area contributed by atoms with Gasteiger partial charge in [0.15, 0.2) is 0 Å². The van der Waals surface area contributed by atoms with E-state index < -0.39 is 23.5 Å².